The molecule has 0 aliphatic carbocycles. The molecule has 0 atom stereocenters. The third kappa shape index (κ3) is 2.77. The van der Waals surface area contributed by atoms with E-state index in [1.165, 1.54) is 0 Å². The highest BCUT2D eigenvalue weighted by atomic mass is 15.0. The Labute approximate surface area is 135 Å². The Bertz CT molecular complexity index is 896. The van der Waals surface area contributed by atoms with Gasteiger partial charge in [0.15, 0.2) is 0 Å². The molecule has 1 N–H and O–H groups in total. The number of anilines is 1. The van der Waals surface area contributed by atoms with Crippen LogP contribution < -0.4 is 5.32 Å². The molecule has 0 spiro atoms. The van der Waals surface area contributed by atoms with Crippen molar-refractivity contribution in [1.82, 2.24) is 4.98 Å². The fourth-order valence-electron chi connectivity index (χ4n) is 2.61. The molecule has 0 amide bonds. The molecule has 23 heavy (non-hydrogen) atoms. The van der Waals surface area contributed by atoms with Gasteiger partial charge in [0.1, 0.15) is 5.84 Å². The van der Waals surface area contributed by atoms with Gasteiger partial charge >= 0.3 is 0 Å². The van der Waals surface area contributed by atoms with Crippen molar-refractivity contribution in [3.63, 3.8) is 0 Å². The first-order valence-electron chi connectivity index (χ1n) is 7.53. The molecule has 110 valence electrons. The standard InChI is InChI=1S/C20H15N3/c1-2-7-15(8-3-1)12-13-19-22-17-10-5-4-9-16(17)20-18(23-19)11-6-14-21-20/h1-14H,(H,22,23)/b13-12+. The summed E-state index contributed by atoms with van der Waals surface area (Å²) in [5.41, 5.74) is 4.99. The minimum atomic E-state index is 0.799. The van der Waals surface area contributed by atoms with Crippen molar-refractivity contribution < 1.29 is 0 Å². The molecule has 4 rings (SSSR count). The predicted molar refractivity (Wildman–Crippen MR) is 95.9 cm³/mol. The van der Waals surface area contributed by atoms with E-state index in [-0.39, 0.29) is 0 Å². The van der Waals surface area contributed by atoms with Gasteiger partial charge in [-0.1, -0.05) is 54.6 Å². The predicted octanol–water partition coefficient (Wildman–Crippen LogP) is 4.92. The first-order chi connectivity index (χ1) is 11.4. The van der Waals surface area contributed by atoms with Gasteiger partial charge in [-0.3, -0.25) is 4.98 Å². The van der Waals surface area contributed by atoms with Crippen LogP contribution in [-0.4, -0.2) is 10.8 Å². The maximum absolute atomic E-state index is 4.75. The summed E-state index contributed by atoms with van der Waals surface area (Å²) in [4.78, 5) is 9.26. The maximum atomic E-state index is 4.75. The van der Waals surface area contributed by atoms with Gasteiger partial charge in [0.25, 0.3) is 0 Å². The van der Waals surface area contributed by atoms with Gasteiger partial charge in [0.05, 0.1) is 17.1 Å². The van der Waals surface area contributed by atoms with Gasteiger partial charge < -0.3 is 5.32 Å². The number of para-hydroxylation sites is 1. The Morgan fingerprint density at radius 3 is 2.52 bits per heavy atom. The maximum Gasteiger partial charge on any atom is 0.131 e. The molecule has 3 aromatic rings. The number of hydrogen-bond donors (Lipinski definition) is 1. The molecule has 3 nitrogen and oxygen atoms in total. The molecule has 1 aliphatic rings. The fourth-order valence-corrected chi connectivity index (χ4v) is 2.61. The third-order valence-electron chi connectivity index (χ3n) is 3.70. The number of aliphatic imine (C=N–C) groups is 1. The van der Waals surface area contributed by atoms with Crippen LogP contribution in [0.1, 0.15) is 5.56 Å². The lowest BCUT2D eigenvalue weighted by Gasteiger charge is -2.07. The van der Waals surface area contributed by atoms with E-state index >= 15 is 0 Å². The molecule has 1 aromatic heterocycles. The lowest BCUT2D eigenvalue weighted by atomic mass is 10.1. The molecule has 0 unspecified atom stereocenters. The highest BCUT2D eigenvalue weighted by Crippen LogP contribution is 2.35. The van der Waals surface area contributed by atoms with Crippen LogP contribution in [0.3, 0.4) is 0 Å². The van der Waals surface area contributed by atoms with Crippen molar-refractivity contribution >= 4 is 23.3 Å². The smallest absolute Gasteiger partial charge is 0.131 e. The van der Waals surface area contributed by atoms with Gasteiger partial charge in [-0.05, 0) is 29.8 Å². The largest absolute Gasteiger partial charge is 0.338 e. The van der Waals surface area contributed by atoms with E-state index in [4.69, 9.17) is 4.99 Å². The number of hydrogen-bond acceptors (Lipinski definition) is 3. The number of fused-ring (bicyclic) bond motifs is 3. The van der Waals surface area contributed by atoms with Crippen LogP contribution >= 0.6 is 0 Å². The zero-order chi connectivity index (χ0) is 15.5. The van der Waals surface area contributed by atoms with E-state index in [0.717, 1.165) is 34.0 Å². The highest BCUT2D eigenvalue weighted by molar-refractivity contribution is 6.11. The van der Waals surface area contributed by atoms with Crippen molar-refractivity contribution in [3.8, 4) is 11.3 Å². The number of rotatable bonds is 2. The zero-order valence-electron chi connectivity index (χ0n) is 12.5. The van der Waals surface area contributed by atoms with Crippen molar-refractivity contribution in [1.29, 1.82) is 0 Å². The number of nitrogens with zero attached hydrogens (tertiary/aromatic N) is 2. The van der Waals surface area contributed by atoms with Gasteiger partial charge in [-0.25, -0.2) is 4.99 Å². The zero-order valence-corrected chi connectivity index (χ0v) is 12.5. The van der Waals surface area contributed by atoms with E-state index in [1.54, 1.807) is 0 Å². The second kappa shape index (κ2) is 5.89. The first kappa shape index (κ1) is 13.5. The Morgan fingerprint density at radius 2 is 1.61 bits per heavy atom. The minimum Gasteiger partial charge on any atom is -0.338 e. The summed E-state index contributed by atoms with van der Waals surface area (Å²) in [6.07, 6.45) is 5.85. The molecule has 0 fully saturated rings. The van der Waals surface area contributed by atoms with Crippen molar-refractivity contribution in [2.45, 2.75) is 0 Å². The van der Waals surface area contributed by atoms with Crippen LogP contribution in [0, 0.1) is 0 Å². The van der Waals surface area contributed by atoms with Crippen LogP contribution in [0.4, 0.5) is 11.4 Å². The van der Waals surface area contributed by atoms with E-state index in [0.29, 0.717) is 0 Å². The van der Waals surface area contributed by atoms with Crippen LogP contribution in [0.5, 0.6) is 0 Å². The SMILES string of the molecule is C(=C\c1ccccc1)/C1=Nc2ccccc2-c2ncccc2N1. The van der Waals surface area contributed by atoms with Crippen molar-refractivity contribution in [2.24, 2.45) is 4.99 Å². The number of benzene rings is 2. The van der Waals surface area contributed by atoms with E-state index in [2.05, 4.69) is 34.6 Å². The molecule has 0 saturated heterocycles. The molecular formula is C20H15N3. The molecule has 2 heterocycles. The highest BCUT2D eigenvalue weighted by Gasteiger charge is 2.15. The number of nitrogens with one attached hydrogen (secondary N) is 1. The minimum absolute atomic E-state index is 0.799. The van der Waals surface area contributed by atoms with Gasteiger partial charge in [0, 0.05) is 11.8 Å². The number of aromatic nitrogens is 1. The summed E-state index contributed by atoms with van der Waals surface area (Å²) in [6.45, 7) is 0. The Morgan fingerprint density at radius 1 is 0.783 bits per heavy atom. The fraction of sp³-hybridized carbons (Fsp3) is 0. The summed E-state index contributed by atoms with van der Waals surface area (Å²) in [5, 5.41) is 3.38. The second-order valence-corrected chi connectivity index (χ2v) is 5.28. The second-order valence-electron chi connectivity index (χ2n) is 5.28. The summed E-state index contributed by atoms with van der Waals surface area (Å²) in [6, 6.07) is 22.2. The van der Waals surface area contributed by atoms with Crippen LogP contribution in [0.2, 0.25) is 0 Å². The first-order valence-corrected chi connectivity index (χ1v) is 7.53. The summed E-state index contributed by atoms with van der Waals surface area (Å²) in [7, 11) is 0. The van der Waals surface area contributed by atoms with Crippen molar-refractivity contribution in [2.75, 3.05) is 5.32 Å². The quantitative estimate of drug-likeness (QED) is 0.729. The summed E-state index contributed by atoms with van der Waals surface area (Å²) >= 11 is 0. The van der Waals surface area contributed by atoms with Gasteiger partial charge in [-0.15, -0.1) is 0 Å². The molecule has 0 radical (unpaired) electrons. The molecule has 3 heteroatoms. The monoisotopic (exact) mass is 297 g/mol. The molecule has 0 bridgehead atoms. The van der Waals surface area contributed by atoms with E-state index in [9.17, 15) is 0 Å². The summed E-state index contributed by atoms with van der Waals surface area (Å²) in [5.74, 6) is 0.799. The Hall–Kier alpha value is -3.20. The molecule has 0 saturated carbocycles. The van der Waals surface area contributed by atoms with E-state index < -0.39 is 0 Å². The van der Waals surface area contributed by atoms with Crippen LogP contribution in [0.25, 0.3) is 17.3 Å². The lowest BCUT2D eigenvalue weighted by Crippen LogP contribution is -2.08. The van der Waals surface area contributed by atoms with Crippen LogP contribution in [-0.2, 0) is 0 Å². The number of amidine groups is 1. The van der Waals surface area contributed by atoms with Gasteiger partial charge in [-0.2, -0.15) is 0 Å². The topological polar surface area (TPSA) is 37.3 Å². The Balaban J connectivity index is 1.78. The van der Waals surface area contributed by atoms with E-state index in [1.807, 2.05) is 60.8 Å². The average molecular weight is 297 g/mol. The normalized spacial score (nSPS) is 12.8. The van der Waals surface area contributed by atoms with Gasteiger partial charge in [0.2, 0.25) is 0 Å². The average Bonchev–Trinajstić information content (AvgIpc) is 2.77. The van der Waals surface area contributed by atoms with Crippen molar-refractivity contribution in [3.05, 3.63) is 84.6 Å². The van der Waals surface area contributed by atoms with Crippen LogP contribution in [0.15, 0.2) is 84.0 Å². The molecule has 1 aliphatic heterocycles. The number of pyridine rings is 1. The summed E-state index contributed by atoms with van der Waals surface area (Å²) < 4.78 is 0. The Kier molecular flexibility index (Phi) is 3.45. The lowest BCUT2D eigenvalue weighted by molar-refractivity contribution is 1.33. The third-order valence-corrected chi connectivity index (χ3v) is 3.70. The molecule has 2 aromatic carbocycles. The molecular weight excluding hydrogens is 282 g/mol.